The van der Waals surface area contributed by atoms with Crippen LogP contribution in [0.4, 0.5) is 0 Å². The summed E-state index contributed by atoms with van der Waals surface area (Å²) in [5.74, 6) is 1.16. The summed E-state index contributed by atoms with van der Waals surface area (Å²) in [6.45, 7) is 2.63. The molecule has 0 radical (unpaired) electrons. The van der Waals surface area contributed by atoms with Crippen molar-refractivity contribution in [2.45, 2.75) is 19.4 Å². The minimum atomic E-state index is -0.559. The molecule has 0 saturated carbocycles. The Hall–Kier alpha value is -2.72. The molecule has 0 fully saturated rings. The Labute approximate surface area is 164 Å². The molecule has 3 aromatic carbocycles. The van der Waals surface area contributed by atoms with Crippen molar-refractivity contribution in [3.63, 3.8) is 0 Å². The van der Waals surface area contributed by atoms with E-state index in [1.165, 1.54) is 0 Å². The number of carbonyl (C=O) groups is 1. The van der Waals surface area contributed by atoms with E-state index in [0.717, 1.165) is 10.8 Å². The van der Waals surface area contributed by atoms with Crippen LogP contribution >= 0.6 is 11.6 Å². The molecule has 5 heteroatoms. The van der Waals surface area contributed by atoms with E-state index in [1.807, 2.05) is 61.5 Å². The molecule has 140 valence electrons. The third-order valence-electron chi connectivity index (χ3n) is 4.18. The van der Waals surface area contributed by atoms with Crippen LogP contribution in [0.1, 0.15) is 13.3 Å². The average Bonchev–Trinajstić information content (AvgIpc) is 2.70. The van der Waals surface area contributed by atoms with Crippen molar-refractivity contribution in [1.82, 2.24) is 5.32 Å². The number of hydrogen-bond donors (Lipinski definition) is 1. The molecule has 3 aromatic rings. The molecule has 0 spiro atoms. The molecule has 0 aliphatic heterocycles. The van der Waals surface area contributed by atoms with E-state index in [1.54, 1.807) is 12.1 Å². The molecule has 3 rings (SSSR count). The van der Waals surface area contributed by atoms with E-state index in [4.69, 9.17) is 21.1 Å². The molecule has 0 heterocycles. The summed E-state index contributed by atoms with van der Waals surface area (Å²) >= 11 is 6.04. The van der Waals surface area contributed by atoms with Gasteiger partial charge < -0.3 is 14.8 Å². The van der Waals surface area contributed by atoms with Crippen molar-refractivity contribution in [3.05, 3.63) is 71.8 Å². The third-order valence-corrected chi connectivity index (χ3v) is 4.49. The smallest absolute Gasteiger partial charge is 0.261 e. The van der Waals surface area contributed by atoms with Crippen LogP contribution in [0.25, 0.3) is 10.8 Å². The summed E-state index contributed by atoms with van der Waals surface area (Å²) in [6, 6.07) is 21.1. The highest BCUT2D eigenvalue weighted by atomic mass is 35.5. The Morgan fingerprint density at radius 1 is 1.00 bits per heavy atom. The second-order valence-corrected chi connectivity index (χ2v) is 6.47. The highest BCUT2D eigenvalue weighted by Gasteiger charge is 2.19. The van der Waals surface area contributed by atoms with Gasteiger partial charge >= 0.3 is 0 Å². The number of nitrogens with one attached hydrogen (secondary N) is 1. The maximum atomic E-state index is 12.5. The lowest BCUT2D eigenvalue weighted by atomic mass is 10.1. The number of benzene rings is 3. The van der Waals surface area contributed by atoms with Gasteiger partial charge in [-0.1, -0.05) is 67.1 Å². The van der Waals surface area contributed by atoms with Gasteiger partial charge in [-0.05, 0) is 30.0 Å². The minimum Gasteiger partial charge on any atom is -0.490 e. The highest BCUT2D eigenvalue weighted by Crippen LogP contribution is 2.26. The van der Waals surface area contributed by atoms with E-state index >= 15 is 0 Å². The number of ether oxygens (including phenoxy) is 2. The predicted octanol–water partition coefficient (Wildman–Crippen LogP) is 4.85. The number of rotatable bonds is 8. The first kappa shape index (κ1) is 19.1. The van der Waals surface area contributed by atoms with Gasteiger partial charge in [0.15, 0.2) is 6.10 Å². The highest BCUT2D eigenvalue weighted by molar-refractivity contribution is 6.32. The second kappa shape index (κ2) is 9.28. The quantitative estimate of drug-likeness (QED) is 0.566. The van der Waals surface area contributed by atoms with Crippen molar-refractivity contribution >= 4 is 28.3 Å². The summed E-state index contributed by atoms with van der Waals surface area (Å²) in [4.78, 5) is 12.5. The molecular formula is C22H22ClNO3. The number of carbonyl (C=O) groups excluding carboxylic acids is 1. The van der Waals surface area contributed by atoms with Crippen LogP contribution in [0, 0.1) is 0 Å². The fraction of sp³-hybridized carbons (Fsp3) is 0.227. The first-order valence-corrected chi connectivity index (χ1v) is 9.36. The molecule has 0 aliphatic rings. The van der Waals surface area contributed by atoms with Crippen LogP contribution in [0.5, 0.6) is 11.5 Å². The maximum absolute atomic E-state index is 12.5. The van der Waals surface area contributed by atoms with Crippen LogP contribution in [0.2, 0.25) is 5.02 Å². The number of hydrogen-bond acceptors (Lipinski definition) is 3. The SMILES string of the molecule is CC[C@H](Oc1cccc2ccccc12)C(=O)NCCOc1ccccc1Cl. The zero-order valence-corrected chi connectivity index (χ0v) is 15.9. The first-order valence-electron chi connectivity index (χ1n) is 8.98. The van der Waals surface area contributed by atoms with E-state index < -0.39 is 6.10 Å². The van der Waals surface area contributed by atoms with Gasteiger partial charge in [0.25, 0.3) is 5.91 Å². The van der Waals surface area contributed by atoms with Crippen molar-refractivity contribution in [1.29, 1.82) is 0 Å². The molecule has 0 unspecified atom stereocenters. The number of para-hydroxylation sites is 1. The lowest BCUT2D eigenvalue weighted by Gasteiger charge is -2.18. The summed E-state index contributed by atoms with van der Waals surface area (Å²) in [6.07, 6.45) is 0.0107. The largest absolute Gasteiger partial charge is 0.490 e. The van der Waals surface area contributed by atoms with Crippen LogP contribution in [-0.4, -0.2) is 25.2 Å². The molecule has 0 bridgehead atoms. The van der Waals surface area contributed by atoms with Gasteiger partial charge in [-0.15, -0.1) is 0 Å². The summed E-state index contributed by atoms with van der Waals surface area (Å²) in [7, 11) is 0. The molecule has 0 aliphatic carbocycles. The van der Waals surface area contributed by atoms with E-state index in [0.29, 0.717) is 36.1 Å². The zero-order valence-electron chi connectivity index (χ0n) is 15.2. The van der Waals surface area contributed by atoms with E-state index in [-0.39, 0.29) is 5.91 Å². The maximum Gasteiger partial charge on any atom is 0.261 e. The molecule has 1 atom stereocenters. The molecule has 0 aromatic heterocycles. The lowest BCUT2D eigenvalue weighted by Crippen LogP contribution is -2.39. The van der Waals surface area contributed by atoms with E-state index in [9.17, 15) is 4.79 Å². The van der Waals surface area contributed by atoms with Crippen molar-refractivity contribution in [2.75, 3.05) is 13.2 Å². The zero-order chi connectivity index (χ0) is 19.1. The molecule has 0 saturated heterocycles. The van der Waals surface area contributed by atoms with Crippen LogP contribution in [0.3, 0.4) is 0 Å². The number of amides is 1. The summed E-state index contributed by atoms with van der Waals surface area (Å²) in [5, 5.41) is 5.49. The molecule has 1 N–H and O–H groups in total. The molecule has 27 heavy (non-hydrogen) atoms. The normalized spacial score (nSPS) is 11.8. The van der Waals surface area contributed by atoms with Gasteiger partial charge in [0.05, 0.1) is 11.6 Å². The Kier molecular flexibility index (Phi) is 6.55. The van der Waals surface area contributed by atoms with Crippen molar-refractivity contribution in [3.8, 4) is 11.5 Å². The van der Waals surface area contributed by atoms with Gasteiger partial charge in [-0.2, -0.15) is 0 Å². The van der Waals surface area contributed by atoms with Gasteiger partial charge in [-0.25, -0.2) is 0 Å². The van der Waals surface area contributed by atoms with Crippen molar-refractivity contribution in [2.24, 2.45) is 0 Å². The van der Waals surface area contributed by atoms with E-state index in [2.05, 4.69) is 5.32 Å². The topological polar surface area (TPSA) is 47.6 Å². The van der Waals surface area contributed by atoms with Crippen LogP contribution in [0.15, 0.2) is 66.7 Å². The third kappa shape index (κ3) is 4.92. The van der Waals surface area contributed by atoms with Crippen LogP contribution in [-0.2, 0) is 4.79 Å². The van der Waals surface area contributed by atoms with Gasteiger partial charge in [0, 0.05) is 5.39 Å². The fourth-order valence-corrected chi connectivity index (χ4v) is 2.98. The minimum absolute atomic E-state index is 0.159. The van der Waals surface area contributed by atoms with Gasteiger partial charge in [-0.3, -0.25) is 4.79 Å². The first-order chi connectivity index (χ1) is 13.2. The number of halogens is 1. The molecular weight excluding hydrogens is 362 g/mol. The standard InChI is InChI=1S/C22H22ClNO3/c1-2-19(27-20-13-7-9-16-8-3-4-10-17(16)20)22(25)24-14-15-26-21-12-6-5-11-18(21)23/h3-13,19H,2,14-15H2,1H3,(H,24,25)/t19-/m0/s1. The Bertz CT molecular complexity index is 907. The fourth-order valence-electron chi connectivity index (χ4n) is 2.78. The number of fused-ring (bicyclic) bond motifs is 1. The summed E-state index contributed by atoms with van der Waals surface area (Å²) < 4.78 is 11.6. The van der Waals surface area contributed by atoms with Gasteiger partial charge in [0.2, 0.25) is 0 Å². The molecule has 1 amide bonds. The van der Waals surface area contributed by atoms with Gasteiger partial charge in [0.1, 0.15) is 18.1 Å². The molecule has 4 nitrogen and oxygen atoms in total. The lowest BCUT2D eigenvalue weighted by molar-refractivity contribution is -0.128. The summed E-state index contributed by atoms with van der Waals surface area (Å²) in [5.41, 5.74) is 0. The second-order valence-electron chi connectivity index (χ2n) is 6.06. The Balaban J connectivity index is 1.55. The Morgan fingerprint density at radius 3 is 2.52 bits per heavy atom. The Morgan fingerprint density at radius 2 is 1.70 bits per heavy atom. The van der Waals surface area contributed by atoms with Crippen molar-refractivity contribution < 1.29 is 14.3 Å². The monoisotopic (exact) mass is 383 g/mol. The predicted molar refractivity (Wildman–Crippen MR) is 109 cm³/mol. The average molecular weight is 384 g/mol. The van der Waals surface area contributed by atoms with Crippen LogP contribution < -0.4 is 14.8 Å².